The molecule has 0 saturated heterocycles. The minimum atomic E-state index is -0.363. The first-order valence-electron chi connectivity index (χ1n) is 10.4. The molecule has 164 valence electrons. The number of aromatic nitrogens is 2. The van der Waals surface area contributed by atoms with E-state index < -0.39 is 0 Å². The summed E-state index contributed by atoms with van der Waals surface area (Å²) in [4.78, 5) is 12.3. The molecule has 3 aromatic carbocycles. The van der Waals surface area contributed by atoms with Gasteiger partial charge in [-0.3, -0.25) is 4.79 Å². The fourth-order valence-corrected chi connectivity index (χ4v) is 3.46. The largest absolute Gasteiger partial charge is 0.352 e. The van der Waals surface area contributed by atoms with Crippen LogP contribution in [0, 0.1) is 23.0 Å². The van der Waals surface area contributed by atoms with E-state index in [0.717, 1.165) is 5.69 Å². The van der Waals surface area contributed by atoms with Gasteiger partial charge in [0.2, 0.25) is 5.91 Å². The molecule has 4 aromatic rings. The summed E-state index contributed by atoms with van der Waals surface area (Å²) in [6.07, 6.45) is 0.572. The van der Waals surface area contributed by atoms with Gasteiger partial charge >= 0.3 is 0 Å². The molecule has 0 aliphatic heterocycles. The molecule has 1 amide bonds. The van der Waals surface area contributed by atoms with Gasteiger partial charge in [-0.25, -0.2) is 13.5 Å². The Kier molecular flexibility index (Phi) is 6.56. The standard InChI is InChI=1S/C26H20F2N4O/c27-21-5-1-3-19(13-21)17-30-26(33)12-9-23-15-25(20-4-2-6-22(28)14-20)32(31-23)24-10-7-18(16-29)8-11-24/h1-8,10-11,13-15H,9,12,17H2,(H,30,33). The fraction of sp³-hybridized carbons (Fsp3) is 0.115. The van der Waals surface area contributed by atoms with Gasteiger partial charge in [0.05, 0.1) is 28.7 Å². The normalized spacial score (nSPS) is 10.6. The van der Waals surface area contributed by atoms with Gasteiger partial charge in [-0.2, -0.15) is 10.4 Å². The third-order valence-corrected chi connectivity index (χ3v) is 5.11. The number of hydrogen-bond acceptors (Lipinski definition) is 3. The molecule has 5 nitrogen and oxygen atoms in total. The van der Waals surface area contributed by atoms with Gasteiger partial charge in [0, 0.05) is 24.9 Å². The Bertz CT molecular complexity index is 1320. The molecule has 0 saturated carbocycles. The fourth-order valence-electron chi connectivity index (χ4n) is 3.46. The maximum atomic E-state index is 13.9. The minimum Gasteiger partial charge on any atom is -0.352 e. The van der Waals surface area contributed by atoms with Crippen LogP contribution in [-0.4, -0.2) is 15.7 Å². The second kappa shape index (κ2) is 9.88. The number of benzene rings is 3. The van der Waals surface area contributed by atoms with E-state index in [2.05, 4.69) is 16.5 Å². The molecule has 0 spiro atoms. The summed E-state index contributed by atoms with van der Waals surface area (Å²) in [5.74, 6) is -0.891. The molecule has 0 atom stereocenters. The molecule has 1 aromatic heterocycles. The van der Waals surface area contributed by atoms with Gasteiger partial charge in [-0.15, -0.1) is 0 Å². The van der Waals surface area contributed by atoms with Gasteiger partial charge in [0.15, 0.2) is 0 Å². The van der Waals surface area contributed by atoms with Crippen molar-refractivity contribution in [3.8, 4) is 23.0 Å². The highest BCUT2D eigenvalue weighted by molar-refractivity contribution is 5.76. The molecular formula is C26H20F2N4O. The van der Waals surface area contributed by atoms with E-state index in [1.807, 2.05) is 6.07 Å². The monoisotopic (exact) mass is 442 g/mol. The number of hydrogen-bond donors (Lipinski definition) is 1. The number of carbonyl (C=O) groups is 1. The van der Waals surface area contributed by atoms with E-state index >= 15 is 0 Å². The maximum absolute atomic E-state index is 13.9. The first-order chi connectivity index (χ1) is 16.0. The van der Waals surface area contributed by atoms with Gasteiger partial charge in [-0.05, 0) is 60.2 Å². The Morgan fingerprint density at radius 2 is 1.70 bits per heavy atom. The Hall–Kier alpha value is -4.31. The highest BCUT2D eigenvalue weighted by Gasteiger charge is 2.14. The van der Waals surface area contributed by atoms with E-state index in [0.29, 0.717) is 34.5 Å². The zero-order chi connectivity index (χ0) is 23.2. The number of aryl methyl sites for hydroxylation is 1. The highest BCUT2D eigenvalue weighted by atomic mass is 19.1. The SMILES string of the molecule is N#Cc1ccc(-n2nc(CCC(=O)NCc3cccc(F)c3)cc2-c2cccc(F)c2)cc1. The predicted molar refractivity (Wildman–Crippen MR) is 120 cm³/mol. The molecule has 0 unspecified atom stereocenters. The van der Waals surface area contributed by atoms with Crippen molar-refractivity contribution in [2.45, 2.75) is 19.4 Å². The van der Waals surface area contributed by atoms with Crippen molar-refractivity contribution in [2.75, 3.05) is 0 Å². The lowest BCUT2D eigenvalue weighted by atomic mass is 10.1. The van der Waals surface area contributed by atoms with Gasteiger partial charge < -0.3 is 5.32 Å². The molecule has 0 fully saturated rings. The maximum Gasteiger partial charge on any atom is 0.220 e. The number of halogens is 2. The van der Waals surface area contributed by atoms with Crippen LogP contribution in [0.5, 0.6) is 0 Å². The summed E-state index contributed by atoms with van der Waals surface area (Å²) >= 11 is 0. The molecule has 0 radical (unpaired) electrons. The summed E-state index contributed by atoms with van der Waals surface area (Å²) < 4.78 is 28.8. The first kappa shape index (κ1) is 21.9. The Morgan fingerprint density at radius 3 is 2.39 bits per heavy atom. The van der Waals surface area contributed by atoms with E-state index in [1.165, 1.54) is 24.3 Å². The zero-order valence-corrected chi connectivity index (χ0v) is 17.6. The lowest BCUT2D eigenvalue weighted by Crippen LogP contribution is -2.23. The molecule has 4 rings (SSSR count). The Labute approximate surface area is 189 Å². The second-order valence-electron chi connectivity index (χ2n) is 7.51. The molecule has 1 heterocycles. The third kappa shape index (κ3) is 5.49. The first-order valence-corrected chi connectivity index (χ1v) is 10.4. The van der Waals surface area contributed by atoms with Crippen LogP contribution in [0.15, 0.2) is 78.9 Å². The van der Waals surface area contributed by atoms with Crippen LogP contribution in [-0.2, 0) is 17.8 Å². The average molecular weight is 442 g/mol. The predicted octanol–water partition coefficient (Wildman–Crippen LogP) is 4.94. The number of nitriles is 1. The van der Waals surface area contributed by atoms with E-state index in [9.17, 15) is 13.6 Å². The highest BCUT2D eigenvalue weighted by Crippen LogP contribution is 2.25. The van der Waals surface area contributed by atoms with Gasteiger partial charge in [-0.1, -0.05) is 24.3 Å². The average Bonchev–Trinajstić information content (AvgIpc) is 3.26. The van der Waals surface area contributed by atoms with Crippen LogP contribution in [0.3, 0.4) is 0 Å². The van der Waals surface area contributed by atoms with Crippen molar-refractivity contribution in [3.63, 3.8) is 0 Å². The van der Waals surface area contributed by atoms with Crippen molar-refractivity contribution in [1.29, 1.82) is 5.26 Å². The summed E-state index contributed by atoms with van der Waals surface area (Å²) in [6, 6.07) is 23.1. The van der Waals surface area contributed by atoms with Gasteiger partial charge in [0.25, 0.3) is 0 Å². The van der Waals surface area contributed by atoms with Gasteiger partial charge in [0.1, 0.15) is 11.6 Å². The van der Waals surface area contributed by atoms with E-state index in [4.69, 9.17) is 5.26 Å². The number of nitrogens with one attached hydrogen (secondary N) is 1. The number of amides is 1. The Balaban J connectivity index is 1.52. The van der Waals surface area contributed by atoms with Crippen molar-refractivity contribution in [3.05, 3.63) is 107 Å². The topological polar surface area (TPSA) is 70.7 Å². The van der Waals surface area contributed by atoms with E-state index in [-0.39, 0.29) is 30.5 Å². The van der Waals surface area contributed by atoms with Crippen molar-refractivity contribution < 1.29 is 13.6 Å². The van der Waals surface area contributed by atoms with Crippen molar-refractivity contribution >= 4 is 5.91 Å². The number of carbonyl (C=O) groups excluding carboxylic acids is 1. The molecular weight excluding hydrogens is 422 g/mol. The number of nitrogens with zero attached hydrogens (tertiary/aromatic N) is 3. The van der Waals surface area contributed by atoms with Crippen LogP contribution in [0.1, 0.15) is 23.2 Å². The van der Waals surface area contributed by atoms with Crippen LogP contribution in [0.4, 0.5) is 8.78 Å². The summed E-state index contributed by atoms with van der Waals surface area (Å²) in [5.41, 5.74) is 3.91. The Morgan fingerprint density at radius 1 is 0.970 bits per heavy atom. The second-order valence-corrected chi connectivity index (χ2v) is 7.51. The molecule has 0 bridgehead atoms. The lowest BCUT2D eigenvalue weighted by molar-refractivity contribution is -0.121. The number of rotatable bonds is 7. The van der Waals surface area contributed by atoms with Crippen molar-refractivity contribution in [1.82, 2.24) is 15.1 Å². The minimum absolute atomic E-state index is 0.181. The molecule has 1 N–H and O–H groups in total. The summed E-state index contributed by atoms with van der Waals surface area (Å²) in [5, 5.41) is 16.5. The van der Waals surface area contributed by atoms with Crippen molar-refractivity contribution in [2.24, 2.45) is 0 Å². The van der Waals surface area contributed by atoms with Crippen LogP contribution < -0.4 is 5.32 Å². The third-order valence-electron chi connectivity index (χ3n) is 5.11. The zero-order valence-electron chi connectivity index (χ0n) is 17.6. The lowest BCUT2D eigenvalue weighted by Gasteiger charge is -2.08. The molecule has 33 heavy (non-hydrogen) atoms. The van der Waals surface area contributed by atoms with Crippen LogP contribution >= 0.6 is 0 Å². The quantitative estimate of drug-likeness (QED) is 0.441. The molecule has 0 aliphatic rings. The smallest absolute Gasteiger partial charge is 0.220 e. The molecule has 0 aliphatic carbocycles. The summed E-state index contributed by atoms with van der Waals surface area (Å²) in [6.45, 7) is 0.241. The van der Waals surface area contributed by atoms with E-state index in [1.54, 1.807) is 53.2 Å². The van der Waals surface area contributed by atoms with Crippen LogP contribution in [0.25, 0.3) is 16.9 Å². The summed E-state index contributed by atoms with van der Waals surface area (Å²) in [7, 11) is 0. The molecule has 7 heteroatoms. The van der Waals surface area contributed by atoms with Crippen LogP contribution in [0.2, 0.25) is 0 Å².